The zero-order valence-corrected chi connectivity index (χ0v) is 25.0. The molecule has 1 aliphatic heterocycles. The average Bonchev–Trinajstić information content (AvgIpc) is 3.03. The largest absolute Gasteiger partial charge is 0.383 e. The van der Waals surface area contributed by atoms with Gasteiger partial charge in [0.1, 0.15) is 11.6 Å². The molecule has 0 amide bonds. The first kappa shape index (κ1) is 30.0. The van der Waals surface area contributed by atoms with E-state index in [1.807, 2.05) is 12.1 Å². The van der Waals surface area contributed by atoms with E-state index in [-0.39, 0.29) is 0 Å². The smallest absolute Gasteiger partial charge is 0.226 e. The second-order valence-corrected chi connectivity index (χ2v) is 11.6. The van der Waals surface area contributed by atoms with E-state index in [0.717, 1.165) is 64.2 Å². The lowest BCUT2D eigenvalue weighted by atomic mass is 9.95. The summed E-state index contributed by atoms with van der Waals surface area (Å²) in [5, 5.41) is 10.7. The zero-order chi connectivity index (χ0) is 28.8. The van der Waals surface area contributed by atoms with Gasteiger partial charge in [0, 0.05) is 57.9 Å². The third-order valence-corrected chi connectivity index (χ3v) is 8.27. The molecule has 2 heterocycles. The van der Waals surface area contributed by atoms with Crippen molar-refractivity contribution >= 4 is 23.7 Å². The maximum Gasteiger partial charge on any atom is 0.226 e. The fourth-order valence-electron chi connectivity index (χ4n) is 5.77. The maximum atomic E-state index is 6.17. The Labute approximate surface area is 251 Å². The van der Waals surface area contributed by atoms with Crippen LogP contribution in [0.5, 0.6) is 0 Å². The van der Waals surface area contributed by atoms with Crippen LogP contribution in [0, 0.1) is 0 Å². The van der Waals surface area contributed by atoms with Gasteiger partial charge >= 0.3 is 0 Å². The van der Waals surface area contributed by atoms with Gasteiger partial charge in [-0.1, -0.05) is 86.0 Å². The van der Waals surface area contributed by atoms with Gasteiger partial charge in [0.15, 0.2) is 0 Å². The van der Waals surface area contributed by atoms with Gasteiger partial charge in [-0.15, -0.1) is 0 Å². The van der Waals surface area contributed by atoms with Crippen molar-refractivity contribution < 1.29 is 0 Å². The van der Waals surface area contributed by atoms with Crippen LogP contribution < -0.4 is 26.6 Å². The third-order valence-electron chi connectivity index (χ3n) is 8.27. The minimum Gasteiger partial charge on any atom is -0.383 e. The predicted molar refractivity (Wildman–Crippen MR) is 176 cm³/mol. The second-order valence-electron chi connectivity index (χ2n) is 11.6. The summed E-state index contributed by atoms with van der Waals surface area (Å²) < 4.78 is 0. The van der Waals surface area contributed by atoms with Gasteiger partial charge < -0.3 is 26.6 Å². The van der Waals surface area contributed by atoms with E-state index in [1.54, 1.807) is 0 Å². The number of nitrogens with one attached hydrogen (secondary N) is 3. The Balaban J connectivity index is 1.00. The highest BCUT2D eigenvalue weighted by Crippen LogP contribution is 2.19. The van der Waals surface area contributed by atoms with E-state index in [1.165, 1.54) is 55.2 Å². The van der Waals surface area contributed by atoms with Crippen molar-refractivity contribution in [1.29, 1.82) is 0 Å². The van der Waals surface area contributed by atoms with Gasteiger partial charge in [0.05, 0.1) is 0 Å². The number of aromatic nitrogens is 2. The molecule has 0 radical (unpaired) electrons. The molecule has 8 nitrogen and oxygen atoms in total. The monoisotopic (exact) mass is 568 g/mol. The molecule has 2 fully saturated rings. The molecule has 224 valence electrons. The summed E-state index contributed by atoms with van der Waals surface area (Å²) in [6.07, 6.45) is 12.5. The molecule has 8 heteroatoms. The van der Waals surface area contributed by atoms with Crippen LogP contribution in [-0.4, -0.2) is 66.7 Å². The third kappa shape index (κ3) is 9.82. The lowest BCUT2D eigenvalue weighted by Gasteiger charge is -2.35. The SMILES string of the molecule is Nc1cc(N2CCN(CC=Cc3ccccc3)CC2)nc(NCc2ccc(CNCCCNC3CCCCC3)cc2)n1. The Morgan fingerprint density at radius 2 is 1.57 bits per heavy atom. The number of nitrogen functional groups attached to an aromatic ring is 1. The number of benzene rings is 2. The van der Waals surface area contributed by atoms with Crippen LogP contribution in [0.25, 0.3) is 6.08 Å². The summed E-state index contributed by atoms with van der Waals surface area (Å²) >= 11 is 0. The molecule has 0 atom stereocenters. The van der Waals surface area contributed by atoms with Crippen molar-refractivity contribution in [1.82, 2.24) is 25.5 Å². The van der Waals surface area contributed by atoms with Crippen molar-refractivity contribution in [3.05, 3.63) is 83.4 Å². The van der Waals surface area contributed by atoms with E-state index < -0.39 is 0 Å². The first-order valence-electron chi connectivity index (χ1n) is 15.8. The summed E-state index contributed by atoms with van der Waals surface area (Å²) in [6.45, 7) is 8.48. The summed E-state index contributed by atoms with van der Waals surface area (Å²) in [5.74, 6) is 1.96. The summed E-state index contributed by atoms with van der Waals surface area (Å²) in [7, 11) is 0. The van der Waals surface area contributed by atoms with E-state index in [4.69, 9.17) is 10.7 Å². The lowest BCUT2D eigenvalue weighted by Crippen LogP contribution is -2.46. The molecule has 5 rings (SSSR count). The first-order chi connectivity index (χ1) is 20.7. The number of hydrogen-bond acceptors (Lipinski definition) is 8. The van der Waals surface area contributed by atoms with Gasteiger partial charge in [-0.3, -0.25) is 4.90 Å². The molecule has 0 bridgehead atoms. The van der Waals surface area contributed by atoms with Gasteiger partial charge in [-0.25, -0.2) is 0 Å². The van der Waals surface area contributed by atoms with Crippen LogP contribution in [0.2, 0.25) is 0 Å². The van der Waals surface area contributed by atoms with Gasteiger partial charge in [-0.2, -0.15) is 9.97 Å². The molecule has 1 aromatic heterocycles. The first-order valence-corrected chi connectivity index (χ1v) is 15.8. The Morgan fingerprint density at radius 3 is 2.33 bits per heavy atom. The summed E-state index contributed by atoms with van der Waals surface area (Å²) in [6, 6.07) is 21.8. The molecule has 1 aliphatic carbocycles. The van der Waals surface area contributed by atoms with E-state index >= 15 is 0 Å². The molecule has 42 heavy (non-hydrogen) atoms. The quantitative estimate of drug-likeness (QED) is 0.204. The fourth-order valence-corrected chi connectivity index (χ4v) is 5.77. The standard InChI is InChI=1S/C34H48N8/c35-32-25-33(42-23-21-41(22-24-42)20-7-11-28-9-3-1-4-10-28)40-34(39-32)38-27-30-16-14-29(15-17-30)26-36-18-8-19-37-31-12-5-2-6-13-31/h1,3-4,7,9-11,14-17,25,31,36-37H,2,5-6,8,12-13,18-24,26-27H2,(H3,35,38,39,40). The van der Waals surface area contributed by atoms with Gasteiger partial charge in [-0.05, 0) is 49.0 Å². The van der Waals surface area contributed by atoms with Gasteiger partial charge in [0.25, 0.3) is 0 Å². The van der Waals surface area contributed by atoms with Crippen molar-refractivity contribution in [2.45, 2.75) is 57.7 Å². The van der Waals surface area contributed by atoms with E-state index in [9.17, 15) is 0 Å². The normalized spacial score (nSPS) is 16.7. The fraction of sp³-hybridized carbons (Fsp3) is 0.471. The molecule has 0 spiro atoms. The molecule has 5 N–H and O–H groups in total. The summed E-state index contributed by atoms with van der Waals surface area (Å²) in [4.78, 5) is 14.0. The molecule has 1 saturated heterocycles. The van der Waals surface area contributed by atoms with Crippen LogP contribution >= 0.6 is 0 Å². The molecule has 0 unspecified atom stereocenters. The maximum absolute atomic E-state index is 6.17. The van der Waals surface area contributed by atoms with Crippen LogP contribution in [0.4, 0.5) is 17.6 Å². The Bertz CT molecular complexity index is 1220. The predicted octanol–water partition coefficient (Wildman–Crippen LogP) is 4.91. The van der Waals surface area contributed by atoms with Gasteiger partial charge in [0.2, 0.25) is 5.95 Å². The number of hydrogen-bond donors (Lipinski definition) is 4. The summed E-state index contributed by atoms with van der Waals surface area (Å²) in [5.41, 5.74) is 9.91. The number of piperazine rings is 1. The topological polar surface area (TPSA) is 94.4 Å². The van der Waals surface area contributed by atoms with Crippen molar-refractivity contribution in [2.24, 2.45) is 0 Å². The average molecular weight is 569 g/mol. The van der Waals surface area contributed by atoms with Crippen LogP contribution in [0.15, 0.2) is 66.7 Å². The second kappa shape index (κ2) is 16.2. The van der Waals surface area contributed by atoms with Crippen molar-refractivity contribution in [3.63, 3.8) is 0 Å². The Kier molecular flexibility index (Phi) is 11.6. The zero-order valence-electron chi connectivity index (χ0n) is 25.0. The molecule has 2 aliphatic rings. The Hall–Kier alpha value is -3.46. The van der Waals surface area contributed by atoms with Crippen LogP contribution in [0.1, 0.15) is 55.2 Å². The number of rotatable bonds is 14. The van der Waals surface area contributed by atoms with E-state index in [0.29, 0.717) is 18.3 Å². The lowest BCUT2D eigenvalue weighted by molar-refractivity contribution is 0.283. The van der Waals surface area contributed by atoms with Crippen molar-refractivity contribution in [2.75, 3.05) is 61.8 Å². The molecular weight excluding hydrogens is 520 g/mol. The number of nitrogens with zero attached hydrogens (tertiary/aromatic N) is 4. The highest BCUT2D eigenvalue weighted by molar-refractivity contribution is 5.52. The van der Waals surface area contributed by atoms with Crippen LogP contribution in [0.3, 0.4) is 0 Å². The van der Waals surface area contributed by atoms with E-state index in [2.05, 4.69) is 91.4 Å². The van der Waals surface area contributed by atoms with Crippen molar-refractivity contribution in [3.8, 4) is 0 Å². The minimum absolute atomic E-state index is 0.492. The highest BCUT2D eigenvalue weighted by atomic mass is 15.3. The number of anilines is 3. The highest BCUT2D eigenvalue weighted by Gasteiger charge is 2.18. The minimum atomic E-state index is 0.492. The molecule has 3 aromatic rings. The Morgan fingerprint density at radius 1 is 0.833 bits per heavy atom. The molecular formula is C34H48N8. The van der Waals surface area contributed by atoms with Crippen LogP contribution in [-0.2, 0) is 13.1 Å². The molecule has 1 saturated carbocycles. The number of nitrogens with two attached hydrogens (primary N) is 1. The molecule has 2 aromatic carbocycles.